The van der Waals surface area contributed by atoms with E-state index in [9.17, 15) is 5.11 Å². The predicted molar refractivity (Wildman–Crippen MR) is 534 cm³/mol. The maximum atomic E-state index is 10.0. The van der Waals surface area contributed by atoms with Gasteiger partial charge in [-0.15, -0.1) is 0 Å². The van der Waals surface area contributed by atoms with Crippen molar-refractivity contribution in [3.05, 3.63) is 246 Å². The van der Waals surface area contributed by atoms with E-state index in [0.717, 1.165) is 193 Å². The molecular formula is C116H115NO32. The molecule has 33 heteroatoms. The van der Waals surface area contributed by atoms with Gasteiger partial charge in [0, 0.05) is 62.0 Å². The van der Waals surface area contributed by atoms with Crippen molar-refractivity contribution in [3.8, 4) is 178 Å². The van der Waals surface area contributed by atoms with E-state index in [4.69, 9.17) is 147 Å². The minimum Gasteiger partial charge on any atom is -0.493 e. The van der Waals surface area contributed by atoms with Crippen LogP contribution in [0.15, 0.2) is 218 Å². The molecule has 17 aliphatic rings. The number of rotatable bonds is 26. The lowest BCUT2D eigenvalue weighted by atomic mass is 9.63. The Labute approximate surface area is 860 Å². The third-order valence-electron chi connectivity index (χ3n) is 30.6. The van der Waals surface area contributed by atoms with E-state index in [2.05, 4.69) is 98.9 Å². The van der Waals surface area contributed by atoms with E-state index in [1.807, 2.05) is 127 Å². The Morgan fingerprint density at radius 2 is 0.564 bits per heavy atom. The number of hydrogen-bond donors (Lipinski definition) is 2. The average Bonchev–Trinajstić information content (AvgIpc) is 1.52. The lowest BCUT2D eigenvalue weighted by Crippen LogP contribution is -2.31. The number of fused-ring (bicyclic) bond motifs is 15. The first kappa shape index (κ1) is 95.6. The van der Waals surface area contributed by atoms with Crippen LogP contribution in [0.2, 0.25) is 0 Å². The molecule has 0 saturated heterocycles. The van der Waals surface area contributed by atoms with E-state index < -0.39 is 6.10 Å². The minimum atomic E-state index is -0.626. The standard InChI is InChI=1S/C24H26O4.C22H22O4.C19H18O6.C18H19NO6.C17H16O6.C16H14O6/c1-23(2)16-8-9-24(23,3)22(15-5-7-18-20(11-15)28-13-26-18)21(16)14-4-6-17-19(10-14)27-12-25-17;1-3-19-21(25-11-23-19)9-13(1)15-5-17-7-16(8-18(17)6-15)14-2-4-20-22(10-14)26-12-24-20;1-2-16(24-12-4-6-14-18(8-12)22-10-20-14)17(3-1)25-13-5-7-15-19(9-13)23-11-21-15;20-13(9-21-14-2-4-16-18(6-14)25-11-23-16)8-19-7-12-1-3-15-17(5-12)24-10-22-15;1(6-18-12-2-4-14-16(8-12)22-10-20-14)7-19-13-3-5-15-17(9-13)23-11-21-15;1-3-13-15(21-9-19-13)7-11(1)17-5-6-18-12-2-4-14-16(8-12)22-10-20-14/h4-7,10-11,16,21-22H,8-9,12-13H2,1-3H3;1-4,9-10,15-18H,5-8,11-12H2;4-9,16-17H,1-3,10-11H2;1-6,13,19-20H,7-11H2;2-5,8-9H,1,6-7,10-11H2;1-4,7-8H,5-6,9-10H2/t;;16-,17-;;;/m..1.../s1. The van der Waals surface area contributed by atoms with Crippen molar-refractivity contribution in [1.82, 2.24) is 5.32 Å². The highest BCUT2D eigenvalue weighted by atomic mass is 16.7. The Kier molecular flexibility index (Phi) is 27.4. The third-order valence-corrected chi connectivity index (χ3v) is 30.6. The highest BCUT2D eigenvalue weighted by Crippen LogP contribution is 2.76. The van der Waals surface area contributed by atoms with Crippen molar-refractivity contribution in [2.45, 2.75) is 134 Å². The second-order valence-electron chi connectivity index (χ2n) is 39.5. The largest absolute Gasteiger partial charge is 0.493 e. The van der Waals surface area contributed by atoms with Crippen LogP contribution in [0.25, 0.3) is 0 Å². The monoisotopic (exact) mass is 2030 g/mol. The molecular weight excluding hydrogens is 1920 g/mol. The van der Waals surface area contributed by atoms with Gasteiger partial charge in [0.2, 0.25) is 81.5 Å². The van der Waals surface area contributed by atoms with Gasteiger partial charge in [0.25, 0.3) is 0 Å². The van der Waals surface area contributed by atoms with Crippen molar-refractivity contribution >= 4 is 0 Å². The summed E-state index contributed by atoms with van der Waals surface area (Å²) in [7, 11) is 0. The SMILES string of the molecule is CC1(C)C2CCC1(C)C(c1ccc3c(c1)OCO3)C2c1ccc2c(c1)OCO2.OC(CNCc1ccc2c(c1)OCO2)COc1ccc2c(c1)OCO2.c1cc2c(cc1C1CC3CC(c4ccc5c(c4)OCO5)CC3C1)OCO2.c1cc2c(cc1OCCCOc1ccc3c(c1)OCO3)OCO2.c1cc2c(cc1OCCOc1ccc3c(c1)OCO3)OCO2.c1cc2c(cc1O[C@@H]1CCC[C@H]1Oc1ccc3c(c1)OCO3)OCO2. The van der Waals surface area contributed by atoms with Gasteiger partial charge in [-0.2, -0.15) is 0 Å². The Balaban J connectivity index is 0.0000000955. The third kappa shape index (κ3) is 21.0. The molecule has 5 saturated carbocycles. The van der Waals surface area contributed by atoms with E-state index >= 15 is 0 Å². The summed E-state index contributed by atoms with van der Waals surface area (Å²) in [6, 6.07) is 70.6. The molecule has 5 fully saturated rings. The highest BCUT2D eigenvalue weighted by molar-refractivity contribution is 5.57. The molecule has 0 radical (unpaired) electrons. The Hall–Kier alpha value is -15.6. The molecule has 29 rings (SSSR count). The molecule has 776 valence electrons. The fourth-order valence-electron chi connectivity index (χ4n) is 22.8. The summed E-state index contributed by atoms with van der Waals surface area (Å²) in [4.78, 5) is 0. The maximum absolute atomic E-state index is 10.0. The first-order chi connectivity index (χ1) is 73.2. The molecule has 2 N–H and O–H groups in total. The molecule has 0 amide bonds. The van der Waals surface area contributed by atoms with Crippen LogP contribution >= 0.6 is 0 Å². The zero-order valence-electron chi connectivity index (χ0n) is 82.7. The summed E-state index contributed by atoms with van der Waals surface area (Å²) in [6.07, 6.45) is 10.9. The highest BCUT2D eigenvalue weighted by Gasteiger charge is 2.66. The lowest BCUT2D eigenvalue weighted by molar-refractivity contribution is 0.0776. The van der Waals surface area contributed by atoms with Gasteiger partial charge in [0.15, 0.2) is 138 Å². The molecule has 0 spiro atoms. The van der Waals surface area contributed by atoms with Crippen LogP contribution in [0.5, 0.6) is 178 Å². The molecule has 5 aliphatic carbocycles. The van der Waals surface area contributed by atoms with Gasteiger partial charge in [0.05, 0.1) is 13.2 Å². The molecule has 5 unspecified atom stereocenters. The van der Waals surface area contributed by atoms with Gasteiger partial charge >= 0.3 is 0 Å². The lowest BCUT2D eigenvalue weighted by Gasteiger charge is -2.41. The molecule has 12 aromatic carbocycles. The van der Waals surface area contributed by atoms with Crippen molar-refractivity contribution in [2.24, 2.45) is 28.6 Å². The van der Waals surface area contributed by atoms with Gasteiger partial charge < -0.3 is 157 Å². The number of aliphatic hydroxyl groups excluding tert-OH is 1. The summed E-state index contributed by atoms with van der Waals surface area (Å²) in [5.41, 5.74) is 7.15. The zero-order chi connectivity index (χ0) is 100. The molecule has 12 aromatic rings. The number of benzene rings is 12. The van der Waals surface area contributed by atoms with Crippen LogP contribution in [-0.4, -0.2) is 145 Å². The fourth-order valence-corrected chi connectivity index (χ4v) is 22.8. The van der Waals surface area contributed by atoms with Gasteiger partial charge in [-0.1, -0.05) is 51.1 Å². The topological polar surface area (TPSA) is 318 Å². The number of nitrogens with one attached hydrogen (secondary N) is 1. The maximum Gasteiger partial charge on any atom is 0.231 e. The molecule has 2 bridgehead atoms. The zero-order valence-corrected chi connectivity index (χ0v) is 82.7. The Morgan fingerprint density at radius 3 is 0.926 bits per heavy atom. The number of hydrogen-bond acceptors (Lipinski definition) is 33. The van der Waals surface area contributed by atoms with E-state index in [1.165, 1.54) is 60.8 Å². The van der Waals surface area contributed by atoms with Gasteiger partial charge in [-0.3, -0.25) is 0 Å². The molecule has 12 aliphatic heterocycles. The van der Waals surface area contributed by atoms with Crippen molar-refractivity contribution in [1.29, 1.82) is 0 Å². The van der Waals surface area contributed by atoms with Gasteiger partial charge in [-0.25, -0.2) is 0 Å². The summed E-state index contributed by atoms with van der Waals surface area (Å²) < 4.78 is 170. The van der Waals surface area contributed by atoms with Crippen molar-refractivity contribution in [2.75, 3.05) is 121 Å². The molecule has 33 nitrogen and oxygen atoms in total. The van der Waals surface area contributed by atoms with Gasteiger partial charge in [-0.05, 0) is 283 Å². The normalized spacial score (nSPS) is 22.2. The van der Waals surface area contributed by atoms with E-state index in [0.29, 0.717) is 125 Å². The minimum absolute atomic E-state index is 0.00537. The Bertz CT molecular complexity index is 6550. The molecule has 0 aromatic heterocycles. The second kappa shape index (κ2) is 42.7. The molecule has 12 heterocycles. The molecule has 149 heavy (non-hydrogen) atoms. The van der Waals surface area contributed by atoms with Crippen molar-refractivity contribution < 1.29 is 152 Å². The number of aliphatic hydroxyl groups is 1. The van der Waals surface area contributed by atoms with Crippen molar-refractivity contribution in [3.63, 3.8) is 0 Å². The summed E-state index contributed by atoms with van der Waals surface area (Å²) in [5.74, 6) is 28.5. The second-order valence-corrected chi connectivity index (χ2v) is 39.5. The Morgan fingerprint density at radius 1 is 0.289 bits per heavy atom. The summed E-state index contributed by atoms with van der Waals surface area (Å²) in [5, 5.41) is 13.2. The van der Waals surface area contributed by atoms with E-state index in [-0.39, 0.29) is 84.0 Å². The fraction of sp³-hybridized carbons (Fsp3) is 0.379. The average molecular weight is 2040 g/mol. The van der Waals surface area contributed by atoms with Crippen LogP contribution in [0.4, 0.5) is 0 Å². The van der Waals surface area contributed by atoms with E-state index in [1.54, 1.807) is 18.2 Å². The quantitative estimate of drug-likeness (QED) is 0.0476. The van der Waals surface area contributed by atoms with Crippen LogP contribution in [0.3, 0.4) is 0 Å². The summed E-state index contributed by atoms with van der Waals surface area (Å²) in [6.45, 7) is 14.0. The van der Waals surface area contributed by atoms with Crippen LogP contribution in [-0.2, 0) is 6.54 Å². The smallest absolute Gasteiger partial charge is 0.231 e. The molecule has 7 atom stereocenters. The summed E-state index contributed by atoms with van der Waals surface area (Å²) >= 11 is 0. The predicted octanol–water partition coefficient (Wildman–Crippen LogP) is 21.1. The number of ether oxygens (including phenoxy) is 31. The van der Waals surface area contributed by atoms with Crippen LogP contribution in [0, 0.1) is 28.6 Å². The first-order valence-electron chi connectivity index (χ1n) is 50.8. The first-order valence-corrected chi connectivity index (χ1v) is 50.8. The van der Waals surface area contributed by atoms with Crippen LogP contribution < -0.4 is 152 Å². The van der Waals surface area contributed by atoms with Crippen LogP contribution in [0.1, 0.15) is 136 Å². The van der Waals surface area contributed by atoms with Gasteiger partial charge in [0.1, 0.15) is 78.4 Å².